The minimum atomic E-state index is -1.30. The van der Waals surface area contributed by atoms with Crippen molar-refractivity contribution in [3.63, 3.8) is 0 Å². The molecule has 1 atom stereocenters. The molecule has 4 heteroatoms. The SMILES string of the molecule is CCCSS(C)(#N)I. The largest absolute Gasteiger partial charge is 0.210 e. The summed E-state index contributed by atoms with van der Waals surface area (Å²) >= 11 is 2.10. The van der Waals surface area contributed by atoms with Crippen molar-refractivity contribution < 1.29 is 0 Å². The fourth-order valence-corrected chi connectivity index (χ4v) is 3.74. The number of hydrogen-bond acceptors (Lipinski definition) is 2. The summed E-state index contributed by atoms with van der Waals surface area (Å²) in [4.78, 5) is 0. The van der Waals surface area contributed by atoms with E-state index < -0.39 is 5.86 Å². The lowest BCUT2D eigenvalue weighted by atomic mass is 10.6. The molecule has 1 nitrogen and oxygen atoms in total. The Morgan fingerprint density at radius 1 is 1.75 bits per heavy atom. The Balaban J connectivity index is 3.31. The summed E-state index contributed by atoms with van der Waals surface area (Å²) in [6.07, 6.45) is 3.03. The second-order valence-corrected chi connectivity index (χ2v) is 13.2. The van der Waals surface area contributed by atoms with Crippen LogP contribution in [0.3, 0.4) is 0 Å². The van der Waals surface area contributed by atoms with Crippen molar-refractivity contribution in [2.24, 2.45) is 0 Å². The Labute approximate surface area is 67.5 Å². The van der Waals surface area contributed by atoms with E-state index in [0.717, 1.165) is 12.2 Å². The highest BCUT2D eigenvalue weighted by Gasteiger charge is 1.98. The number of nitrogens with zero attached hydrogens (tertiary/aromatic N) is 1. The van der Waals surface area contributed by atoms with Crippen LogP contribution in [0.5, 0.6) is 0 Å². The van der Waals surface area contributed by atoms with Crippen molar-refractivity contribution in [1.82, 2.24) is 0 Å². The van der Waals surface area contributed by atoms with E-state index in [9.17, 15) is 4.61 Å². The van der Waals surface area contributed by atoms with Crippen LogP contribution >= 0.6 is 37.9 Å². The van der Waals surface area contributed by atoms with Gasteiger partial charge in [-0.3, -0.25) is 0 Å². The third-order valence-electron chi connectivity index (χ3n) is 0.503. The van der Waals surface area contributed by atoms with Crippen molar-refractivity contribution in [3.05, 3.63) is 0 Å². The molecule has 0 aliphatic rings. The number of hydrogen-bond donors (Lipinski definition) is 0. The summed E-state index contributed by atoms with van der Waals surface area (Å²) in [5, 5.41) is 0. The summed E-state index contributed by atoms with van der Waals surface area (Å²) in [5.41, 5.74) is 0. The molecule has 0 saturated carbocycles. The summed E-state index contributed by atoms with van der Waals surface area (Å²) in [6, 6.07) is 0. The highest BCUT2D eigenvalue weighted by molar-refractivity contribution is 14.2. The van der Waals surface area contributed by atoms with E-state index in [1.54, 1.807) is 10.8 Å². The molecule has 0 aliphatic heterocycles. The van der Waals surface area contributed by atoms with Crippen LogP contribution in [0.4, 0.5) is 0 Å². The zero-order valence-electron chi connectivity index (χ0n) is 5.06. The molecular formula is C4H10INS2. The third kappa shape index (κ3) is 7.14. The molecule has 0 aromatic heterocycles. The average Bonchev–Trinajstić information content (AvgIpc) is 1.59. The van der Waals surface area contributed by atoms with Crippen LogP contribution < -0.4 is 0 Å². The van der Waals surface area contributed by atoms with Gasteiger partial charge in [0.25, 0.3) is 0 Å². The first-order valence-corrected chi connectivity index (χ1v) is 8.45. The maximum absolute atomic E-state index is 9.18. The molecule has 50 valence electrons. The van der Waals surface area contributed by atoms with Gasteiger partial charge in [-0.15, -0.1) is 0 Å². The number of halogens is 1. The molecule has 0 N–H and O–H groups in total. The zero-order chi connectivity index (χ0) is 6.62. The lowest BCUT2D eigenvalue weighted by Crippen LogP contribution is -1.69. The quantitative estimate of drug-likeness (QED) is 0.563. The molecule has 0 heterocycles. The molecule has 0 rings (SSSR count). The van der Waals surface area contributed by atoms with Crippen LogP contribution in [0, 0.1) is 4.61 Å². The third-order valence-corrected chi connectivity index (χ3v) is 5.59. The summed E-state index contributed by atoms with van der Waals surface area (Å²) in [5.74, 6) is -0.225. The van der Waals surface area contributed by atoms with Crippen LogP contribution in [-0.4, -0.2) is 12.0 Å². The average molecular weight is 263 g/mol. The molecule has 0 fully saturated rings. The molecular weight excluding hydrogens is 253 g/mol. The van der Waals surface area contributed by atoms with E-state index in [0.29, 0.717) is 0 Å². The van der Waals surface area contributed by atoms with Gasteiger partial charge in [-0.25, -0.2) is 4.61 Å². The molecule has 0 amide bonds. The maximum atomic E-state index is 9.18. The van der Waals surface area contributed by atoms with Gasteiger partial charge in [0.15, 0.2) is 0 Å². The van der Waals surface area contributed by atoms with Gasteiger partial charge in [0.1, 0.15) is 0 Å². The van der Waals surface area contributed by atoms with Crippen LogP contribution in [0.1, 0.15) is 13.3 Å². The first-order chi connectivity index (χ1) is 3.56. The van der Waals surface area contributed by atoms with Gasteiger partial charge < -0.3 is 0 Å². The van der Waals surface area contributed by atoms with Crippen molar-refractivity contribution >= 4 is 37.9 Å². The monoisotopic (exact) mass is 263 g/mol. The minimum absolute atomic E-state index is 1.07. The molecule has 0 aromatic rings. The van der Waals surface area contributed by atoms with E-state index >= 15 is 0 Å². The topological polar surface area (TPSA) is 23.8 Å². The van der Waals surface area contributed by atoms with E-state index in [1.807, 2.05) is 6.26 Å². The van der Waals surface area contributed by atoms with E-state index in [-0.39, 0.29) is 0 Å². The van der Waals surface area contributed by atoms with E-state index in [2.05, 4.69) is 28.1 Å². The lowest BCUT2D eigenvalue weighted by molar-refractivity contribution is 1.11. The van der Waals surface area contributed by atoms with Crippen LogP contribution in [0.25, 0.3) is 0 Å². The summed E-state index contributed by atoms with van der Waals surface area (Å²) in [6.45, 7) is 2.12. The molecule has 0 saturated heterocycles. The molecule has 0 aliphatic carbocycles. The van der Waals surface area contributed by atoms with Crippen molar-refractivity contribution in [2.45, 2.75) is 13.3 Å². The fraction of sp³-hybridized carbons (Fsp3) is 1.00. The van der Waals surface area contributed by atoms with Crippen LogP contribution in [0.2, 0.25) is 0 Å². The number of rotatable bonds is 2. The zero-order valence-corrected chi connectivity index (χ0v) is 8.85. The van der Waals surface area contributed by atoms with Gasteiger partial charge in [0.05, 0.1) is 0 Å². The second-order valence-electron chi connectivity index (χ2n) is 1.53. The molecule has 0 aromatic carbocycles. The fourth-order valence-electron chi connectivity index (χ4n) is 0.235. The highest BCUT2D eigenvalue weighted by atomic mass is 127. The Hall–Kier alpha value is 1.14. The predicted octanol–water partition coefficient (Wildman–Crippen LogP) is 3.31. The highest BCUT2D eigenvalue weighted by Crippen LogP contribution is 2.50. The molecule has 0 spiro atoms. The Bertz CT molecular complexity index is 137. The summed E-state index contributed by atoms with van der Waals surface area (Å²) < 4.78 is 9.18. The second kappa shape index (κ2) is 4.04. The molecule has 1 unspecified atom stereocenters. The van der Waals surface area contributed by atoms with E-state index in [1.165, 1.54) is 0 Å². The van der Waals surface area contributed by atoms with Gasteiger partial charge in [-0.05, 0) is 6.42 Å². The van der Waals surface area contributed by atoms with Crippen molar-refractivity contribution in [1.29, 1.82) is 4.61 Å². The Morgan fingerprint density at radius 3 is 2.38 bits per heavy atom. The molecule has 8 heavy (non-hydrogen) atoms. The van der Waals surface area contributed by atoms with Crippen molar-refractivity contribution in [3.8, 4) is 0 Å². The summed E-state index contributed by atoms with van der Waals surface area (Å²) in [7, 11) is 1.66. The van der Waals surface area contributed by atoms with E-state index in [4.69, 9.17) is 0 Å². The standard InChI is InChI=1S/C4H10INS2/c1-3-4-7-8(2,5)6/h3-4H2,1-2H3. The van der Waals surface area contributed by atoms with Gasteiger partial charge in [-0.2, -0.15) is 0 Å². The van der Waals surface area contributed by atoms with Crippen molar-refractivity contribution in [2.75, 3.05) is 12.0 Å². The molecule has 0 radical (unpaired) electrons. The first-order valence-electron chi connectivity index (χ1n) is 2.41. The molecule has 0 bridgehead atoms. The normalized spacial score (nSPS) is 17.8. The first kappa shape index (κ1) is 9.14. The maximum Gasteiger partial charge on any atom is 0.0336 e. The van der Waals surface area contributed by atoms with Gasteiger partial charge in [-0.1, -0.05) is 17.7 Å². The smallest absolute Gasteiger partial charge is 0.0336 e. The Kier molecular flexibility index (Phi) is 4.61. The minimum Gasteiger partial charge on any atom is -0.210 e. The lowest BCUT2D eigenvalue weighted by Gasteiger charge is -2.00. The van der Waals surface area contributed by atoms with Crippen LogP contribution in [-0.2, 0) is 0 Å². The van der Waals surface area contributed by atoms with Gasteiger partial charge in [0.2, 0.25) is 0 Å². The van der Waals surface area contributed by atoms with Gasteiger partial charge >= 0.3 is 0 Å². The Morgan fingerprint density at radius 2 is 2.25 bits per heavy atom. The van der Waals surface area contributed by atoms with Gasteiger partial charge in [0, 0.05) is 39.1 Å². The van der Waals surface area contributed by atoms with Crippen LogP contribution in [0.15, 0.2) is 0 Å². The predicted molar refractivity (Wildman–Crippen MR) is 52.0 cm³/mol.